The summed E-state index contributed by atoms with van der Waals surface area (Å²) in [7, 11) is 1.81. The van der Waals surface area contributed by atoms with Crippen molar-refractivity contribution in [2.45, 2.75) is 135 Å². The minimum absolute atomic E-state index is 0.186. The van der Waals surface area contributed by atoms with E-state index < -0.39 is 0 Å². The van der Waals surface area contributed by atoms with Crippen LogP contribution in [0.4, 0.5) is 11.4 Å². The maximum atomic E-state index is 11.2. The normalized spacial score (nSPS) is 17.3. The molecule has 0 saturated heterocycles. The molecular weight excluding hydrogens is 899 g/mol. The van der Waals surface area contributed by atoms with Crippen LogP contribution in [0.25, 0.3) is 0 Å². The maximum absolute atomic E-state index is 11.2. The average molecular weight is 978 g/mol. The highest BCUT2D eigenvalue weighted by atomic mass is 32.1. The van der Waals surface area contributed by atoms with E-state index in [9.17, 15) is 4.79 Å². The Labute approximate surface area is 436 Å². The van der Waals surface area contributed by atoms with Gasteiger partial charge in [-0.15, -0.1) is 11.3 Å². The third-order valence-corrected chi connectivity index (χ3v) is 15.8. The van der Waals surface area contributed by atoms with Crippen LogP contribution in [0.3, 0.4) is 0 Å². The molecule has 0 spiro atoms. The van der Waals surface area contributed by atoms with E-state index in [1.54, 1.807) is 26.5 Å². The predicted octanol–water partition coefficient (Wildman–Crippen LogP) is 13.6. The molecule has 1 amide bonds. The van der Waals surface area contributed by atoms with Gasteiger partial charge in [-0.25, -0.2) is 0 Å². The molecule has 2 aliphatic carbocycles. The number of likely N-dealkylation sites (N-methyl/N-ethyl adjacent to an activating group) is 1. The first-order valence-electron chi connectivity index (χ1n) is 27.1. The standard InChI is InChI=1S/C11H14.2C10H13N.C9H9NO.C9H11N.C8H9N.C8H10S/c1-2-6-10-8-4-5-9-11(10)7-3-1;1-8-6-9-4-2-3-5-10(9)7-11-8;1-2-5-10-8-11-7-3-6-9(10)4-1;1-10-8-5-3-2-4-7(8)6-9(10)11;1-2-6-9-8(4-1)5-3-7-10-9;1-2-4-8-6-9-5-7(8)3-1;1-2-4-8-7(3-1)5-6-9-8/h4-5,8-9H,1-3,6-7H2;2-5,8,11H,6-7H2,1H3;1-2,4-5,11H,3,6-8H2;2-5H,6H2,1H3;1-2,4,6,10H,3,5,7H2;1-4,9H,5-6H2;5-6H,1-4H2. The second-order valence-electron chi connectivity index (χ2n) is 20.0. The van der Waals surface area contributed by atoms with E-state index in [4.69, 9.17) is 0 Å². The fourth-order valence-electron chi connectivity index (χ4n) is 10.5. The Balaban J connectivity index is 0.000000113. The second-order valence-corrected chi connectivity index (χ2v) is 21.0. The predicted molar refractivity (Wildman–Crippen MR) is 305 cm³/mol. The summed E-state index contributed by atoms with van der Waals surface area (Å²) in [5, 5.41) is 15.7. The number of thiophene rings is 1. The molecule has 4 N–H and O–H groups in total. The van der Waals surface area contributed by atoms with Gasteiger partial charge in [0.05, 0.1) is 6.42 Å². The van der Waals surface area contributed by atoms with Crippen LogP contribution in [0.2, 0.25) is 0 Å². The van der Waals surface area contributed by atoms with Crippen molar-refractivity contribution in [2.24, 2.45) is 0 Å². The lowest BCUT2D eigenvalue weighted by Gasteiger charge is -2.22. The first-order valence-corrected chi connectivity index (χ1v) is 28.0. The number of amides is 1. The van der Waals surface area contributed by atoms with Gasteiger partial charge in [-0.3, -0.25) is 4.79 Å². The number of benzene rings is 6. The summed E-state index contributed by atoms with van der Waals surface area (Å²) in [6.07, 6.45) is 19.0. The highest BCUT2D eigenvalue weighted by Gasteiger charge is 2.22. The summed E-state index contributed by atoms with van der Waals surface area (Å²) < 4.78 is 0. The van der Waals surface area contributed by atoms with Crippen molar-refractivity contribution in [3.05, 3.63) is 223 Å². The van der Waals surface area contributed by atoms with Gasteiger partial charge in [-0.2, -0.15) is 0 Å². The van der Waals surface area contributed by atoms with Gasteiger partial charge in [0.2, 0.25) is 5.91 Å². The number of aryl methyl sites for hydroxylation is 6. The van der Waals surface area contributed by atoms with Crippen molar-refractivity contribution >= 4 is 28.6 Å². The fourth-order valence-corrected chi connectivity index (χ4v) is 11.5. The zero-order valence-electron chi connectivity index (χ0n) is 43.2. The summed E-state index contributed by atoms with van der Waals surface area (Å²) in [5.74, 6) is 0.186. The third kappa shape index (κ3) is 15.8. The minimum Gasteiger partial charge on any atom is -0.385 e. The van der Waals surface area contributed by atoms with Crippen LogP contribution >= 0.6 is 11.3 Å². The molecule has 0 saturated carbocycles. The highest BCUT2D eigenvalue weighted by Crippen LogP contribution is 2.27. The number of hydrogen-bond acceptors (Lipinski definition) is 6. The molecule has 1 atom stereocenters. The van der Waals surface area contributed by atoms with Gasteiger partial charge in [-0.05, 0) is 182 Å². The SMILES string of the molecule is CC1Cc2ccccc2CN1.CN1C(=O)Cc2ccccc21.c1cc2c(s1)CCCC2.c1ccc2c(c1)CCCCC2.c1ccc2c(c1)CCCN2.c1ccc2c(c1)CCCNC2.c1ccc2c(c1)CNC2. The minimum atomic E-state index is 0.186. The number of nitrogens with one attached hydrogen (secondary N) is 4. The molecule has 6 heterocycles. The molecule has 0 fully saturated rings. The number of fused-ring (bicyclic) bond motifs is 7. The van der Waals surface area contributed by atoms with Crippen LogP contribution in [0, 0.1) is 0 Å². The number of nitrogens with zero attached hydrogens (tertiary/aromatic N) is 1. The van der Waals surface area contributed by atoms with Crippen molar-refractivity contribution in [3.63, 3.8) is 0 Å². The molecule has 0 radical (unpaired) electrons. The summed E-state index contributed by atoms with van der Waals surface area (Å²) in [6, 6.07) is 54.1. The Morgan fingerprint density at radius 2 is 0.917 bits per heavy atom. The van der Waals surface area contributed by atoms with Crippen molar-refractivity contribution in [1.29, 1.82) is 0 Å². The zero-order valence-corrected chi connectivity index (χ0v) is 44.0. The molecule has 1 aromatic heterocycles. The maximum Gasteiger partial charge on any atom is 0.231 e. The van der Waals surface area contributed by atoms with Crippen molar-refractivity contribution in [3.8, 4) is 0 Å². The number of carbonyl (C=O) groups excluding carboxylic acids is 1. The molecule has 0 bridgehead atoms. The Morgan fingerprint density at radius 3 is 1.57 bits per heavy atom. The first kappa shape index (κ1) is 52.5. The van der Waals surface area contributed by atoms with E-state index in [-0.39, 0.29) is 5.91 Å². The first-order chi connectivity index (χ1) is 35.5. The van der Waals surface area contributed by atoms with Crippen LogP contribution in [-0.4, -0.2) is 32.1 Å². The topological polar surface area (TPSA) is 68.4 Å². The Hall–Kier alpha value is -5.83. The largest absolute Gasteiger partial charge is 0.385 e. The van der Waals surface area contributed by atoms with E-state index in [0.717, 1.165) is 50.5 Å². The molecule has 14 rings (SSSR count). The van der Waals surface area contributed by atoms with Gasteiger partial charge in [0.25, 0.3) is 0 Å². The Bertz CT molecular complexity index is 2560. The molecule has 72 heavy (non-hydrogen) atoms. The van der Waals surface area contributed by atoms with E-state index in [2.05, 4.69) is 161 Å². The van der Waals surface area contributed by atoms with Gasteiger partial charge in [0, 0.05) is 62.1 Å². The van der Waals surface area contributed by atoms with Crippen LogP contribution in [0.5, 0.6) is 0 Å². The highest BCUT2D eigenvalue weighted by molar-refractivity contribution is 7.10. The van der Waals surface area contributed by atoms with E-state index in [0.29, 0.717) is 12.5 Å². The quantitative estimate of drug-likeness (QED) is 0.114. The Morgan fingerprint density at radius 1 is 0.444 bits per heavy atom. The molecular formula is C65H79N5OS. The summed E-state index contributed by atoms with van der Waals surface area (Å²) in [4.78, 5) is 14.5. The van der Waals surface area contributed by atoms with Crippen LogP contribution in [0.15, 0.2) is 157 Å². The molecule has 7 aliphatic rings. The number of hydrogen-bond donors (Lipinski definition) is 4. The lowest BCUT2D eigenvalue weighted by molar-refractivity contribution is -0.117. The molecule has 7 heteroatoms. The van der Waals surface area contributed by atoms with E-state index in [1.165, 1.54) is 135 Å². The van der Waals surface area contributed by atoms with Crippen LogP contribution in [0.1, 0.15) is 118 Å². The Kier molecular flexibility index (Phi) is 20.7. The van der Waals surface area contributed by atoms with Crippen molar-refractivity contribution in [1.82, 2.24) is 16.0 Å². The van der Waals surface area contributed by atoms with E-state index >= 15 is 0 Å². The molecule has 5 aliphatic heterocycles. The van der Waals surface area contributed by atoms with Crippen molar-refractivity contribution < 1.29 is 4.79 Å². The summed E-state index contributed by atoms with van der Waals surface area (Å²) in [5.41, 5.74) is 18.7. The average Bonchev–Trinajstić information content (AvgIpc) is 4.08. The molecule has 6 nitrogen and oxygen atoms in total. The van der Waals surface area contributed by atoms with Gasteiger partial charge in [0.1, 0.15) is 0 Å². The van der Waals surface area contributed by atoms with Gasteiger partial charge in [0.15, 0.2) is 0 Å². The van der Waals surface area contributed by atoms with E-state index in [1.807, 2.05) is 42.6 Å². The summed E-state index contributed by atoms with van der Waals surface area (Å²) >= 11 is 1.93. The van der Waals surface area contributed by atoms with Gasteiger partial charge >= 0.3 is 0 Å². The van der Waals surface area contributed by atoms with Gasteiger partial charge < -0.3 is 26.2 Å². The lowest BCUT2D eigenvalue weighted by atomic mass is 9.97. The van der Waals surface area contributed by atoms with Gasteiger partial charge in [-0.1, -0.05) is 140 Å². The number of para-hydroxylation sites is 2. The fraction of sp³-hybridized carbons (Fsp3) is 0.369. The molecule has 1 unspecified atom stereocenters. The molecule has 376 valence electrons. The third-order valence-electron chi connectivity index (χ3n) is 14.7. The molecule has 7 aromatic rings. The zero-order chi connectivity index (χ0) is 49.6. The smallest absolute Gasteiger partial charge is 0.231 e. The summed E-state index contributed by atoms with van der Waals surface area (Å²) in [6.45, 7) is 8.72. The number of carbonyl (C=O) groups is 1. The number of anilines is 2. The van der Waals surface area contributed by atoms with Crippen molar-refractivity contribution in [2.75, 3.05) is 30.4 Å². The number of rotatable bonds is 0. The van der Waals surface area contributed by atoms with Crippen LogP contribution < -0.4 is 26.2 Å². The monoisotopic (exact) mass is 978 g/mol. The van der Waals surface area contributed by atoms with Crippen LogP contribution in [-0.2, 0) is 82.3 Å². The lowest BCUT2D eigenvalue weighted by Crippen LogP contribution is -2.32. The molecule has 6 aromatic carbocycles. The second kappa shape index (κ2) is 28.4.